The zero-order valence-corrected chi connectivity index (χ0v) is 18.3. The molecule has 3 aromatic heterocycles. The number of nitrogens with zero attached hydrogens (tertiary/aromatic N) is 2. The van der Waals surface area contributed by atoms with Gasteiger partial charge in [0.25, 0.3) is 5.91 Å². The number of carboxylic acid groups (broad SMARTS) is 1. The number of hydrogen-bond acceptors (Lipinski definition) is 5. The Morgan fingerprint density at radius 3 is 2.56 bits per heavy atom. The fraction of sp³-hybridized carbons (Fsp3) is 0.304. The molecule has 0 bridgehead atoms. The van der Waals surface area contributed by atoms with Crippen molar-refractivity contribution in [3.05, 3.63) is 59.7 Å². The van der Waals surface area contributed by atoms with E-state index in [2.05, 4.69) is 26.3 Å². The fourth-order valence-electron chi connectivity index (χ4n) is 3.33. The molecule has 4 heterocycles. The van der Waals surface area contributed by atoms with E-state index in [1.807, 2.05) is 30.5 Å². The van der Waals surface area contributed by atoms with Crippen LogP contribution in [0.2, 0.25) is 0 Å². The summed E-state index contributed by atoms with van der Waals surface area (Å²) < 4.78 is 36.8. The molecule has 180 valence electrons. The lowest BCUT2D eigenvalue weighted by molar-refractivity contribution is -0.192. The van der Waals surface area contributed by atoms with Crippen LogP contribution in [0, 0.1) is 0 Å². The van der Waals surface area contributed by atoms with Crippen LogP contribution < -0.4 is 5.32 Å². The maximum absolute atomic E-state index is 12.0. The van der Waals surface area contributed by atoms with Crippen LogP contribution in [0.1, 0.15) is 28.2 Å². The molecule has 0 unspecified atom stereocenters. The minimum Gasteiger partial charge on any atom is -0.475 e. The van der Waals surface area contributed by atoms with E-state index >= 15 is 0 Å². The van der Waals surface area contributed by atoms with Gasteiger partial charge in [-0.05, 0) is 43.2 Å². The van der Waals surface area contributed by atoms with Crippen molar-refractivity contribution in [2.75, 3.05) is 20.3 Å². The Kier molecular flexibility index (Phi) is 8.00. The second-order valence-corrected chi connectivity index (χ2v) is 7.45. The first-order valence-electron chi connectivity index (χ1n) is 10.4. The molecule has 1 aliphatic heterocycles. The van der Waals surface area contributed by atoms with Gasteiger partial charge in [0, 0.05) is 67.3 Å². The number of methoxy groups -OCH3 is 1. The highest BCUT2D eigenvalue weighted by Gasteiger charge is 2.38. The lowest BCUT2D eigenvalue weighted by Gasteiger charge is -2.10. The third-order valence-corrected chi connectivity index (χ3v) is 5.02. The standard InChI is InChI=1S/C21H22N4O2.C2HF3O2/c1-27-10-2-3-16-5-4-15(13-24-16)19-11-14(6-8-22-19)20-12-17-18(25-20)7-9-23-21(17)26;3-2(4,5)1(6)7/h4-6,8,11-13,25H,2-3,7,9-10H2,1H3,(H,23,26);(H,6,7). The number of carbonyl (C=O) groups excluding carboxylic acids is 1. The van der Waals surface area contributed by atoms with E-state index in [4.69, 9.17) is 14.6 Å². The van der Waals surface area contributed by atoms with Crippen molar-refractivity contribution in [2.45, 2.75) is 25.4 Å². The summed E-state index contributed by atoms with van der Waals surface area (Å²) in [6.07, 6.45) is 1.26. The van der Waals surface area contributed by atoms with Crippen LogP contribution in [-0.2, 0) is 22.4 Å². The van der Waals surface area contributed by atoms with E-state index in [1.54, 1.807) is 13.3 Å². The fourth-order valence-corrected chi connectivity index (χ4v) is 3.33. The Morgan fingerprint density at radius 1 is 1.18 bits per heavy atom. The molecular formula is C23H23F3N4O4. The van der Waals surface area contributed by atoms with Crippen LogP contribution >= 0.6 is 0 Å². The van der Waals surface area contributed by atoms with Crippen LogP contribution in [0.25, 0.3) is 22.5 Å². The summed E-state index contributed by atoms with van der Waals surface area (Å²) in [5.41, 5.74) is 6.55. The minimum atomic E-state index is -5.08. The lowest BCUT2D eigenvalue weighted by Crippen LogP contribution is -2.31. The molecule has 0 saturated carbocycles. The van der Waals surface area contributed by atoms with E-state index in [9.17, 15) is 18.0 Å². The maximum Gasteiger partial charge on any atom is 0.490 e. The Balaban J connectivity index is 0.000000406. The topological polar surface area (TPSA) is 117 Å². The smallest absolute Gasteiger partial charge is 0.475 e. The van der Waals surface area contributed by atoms with Gasteiger partial charge in [0.15, 0.2) is 0 Å². The molecule has 8 nitrogen and oxygen atoms in total. The summed E-state index contributed by atoms with van der Waals surface area (Å²) in [6.45, 7) is 1.42. The summed E-state index contributed by atoms with van der Waals surface area (Å²) in [4.78, 5) is 33.3. The minimum absolute atomic E-state index is 0.0127. The quantitative estimate of drug-likeness (QED) is 0.468. The molecule has 3 aromatic rings. The number of rotatable bonds is 6. The van der Waals surface area contributed by atoms with E-state index < -0.39 is 12.1 Å². The number of fused-ring (bicyclic) bond motifs is 1. The molecule has 0 atom stereocenters. The molecule has 0 aromatic carbocycles. The van der Waals surface area contributed by atoms with Gasteiger partial charge in [-0.3, -0.25) is 14.8 Å². The number of pyridine rings is 2. The summed E-state index contributed by atoms with van der Waals surface area (Å²) in [5.74, 6) is -2.77. The first kappa shape index (κ1) is 24.9. The summed E-state index contributed by atoms with van der Waals surface area (Å²) >= 11 is 0. The number of aromatic nitrogens is 3. The second-order valence-electron chi connectivity index (χ2n) is 7.45. The van der Waals surface area contributed by atoms with Crippen LogP contribution in [-0.4, -0.2) is 58.4 Å². The Labute approximate surface area is 193 Å². The normalized spacial score (nSPS) is 12.9. The van der Waals surface area contributed by atoms with Gasteiger partial charge in [0.05, 0.1) is 11.3 Å². The number of carboxylic acids is 1. The average Bonchev–Trinajstić information content (AvgIpc) is 3.26. The molecule has 0 saturated heterocycles. The number of ether oxygens (including phenoxy) is 1. The van der Waals surface area contributed by atoms with Crippen LogP contribution in [0.4, 0.5) is 13.2 Å². The number of nitrogens with one attached hydrogen (secondary N) is 2. The van der Waals surface area contributed by atoms with Crippen molar-refractivity contribution < 1.29 is 32.6 Å². The predicted molar refractivity (Wildman–Crippen MR) is 117 cm³/mol. The van der Waals surface area contributed by atoms with E-state index in [-0.39, 0.29) is 5.91 Å². The van der Waals surface area contributed by atoms with Gasteiger partial charge in [-0.25, -0.2) is 4.79 Å². The zero-order chi connectivity index (χ0) is 24.7. The van der Waals surface area contributed by atoms with Crippen LogP contribution in [0.3, 0.4) is 0 Å². The third kappa shape index (κ3) is 6.41. The number of amides is 1. The highest BCUT2D eigenvalue weighted by molar-refractivity contribution is 5.97. The number of carbonyl (C=O) groups is 2. The molecule has 1 aliphatic rings. The molecule has 11 heteroatoms. The van der Waals surface area contributed by atoms with Crippen molar-refractivity contribution in [1.29, 1.82) is 0 Å². The number of hydrogen-bond donors (Lipinski definition) is 3. The molecule has 0 radical (unpaired) electrons. The summed E-state index contributed by atoms with van der Waals surface area (Å²) in [5, 5.41) is 10.0. The van der Waals surface area contributed by atoms with Crippen molar-refractivity contribution in [3.63, 3.8) is 0 Å². The molecule has 4 rings (SSSR count). The van der Waals surface area contributed by atoms with Crippen LogP contribution in [0.5, 0.6) is 0 Å². The van der Waals surface area contributed by atoms with Gasteiger partial charge >= 0.3 is 12.1 Å². The summed E-state index contributed by atoms with van der Waals surface area (Å²) in [6, 6.07) is 9.98. The second kappa shape index (κ2) is 10.9. The van der Waals surface area contributed by atoms with Gasteiger partial charge in [-0.15, -0.1) is 0 Å². The average molecular weight is 476 g/mol. The maximum atomic E-state index is 12.0. The highest BCUT2D eigenvalue weighted by Crippen LogP contribution is 2.27. The zero-order valence-electron chi connectivity index (χ0n) is 18.3. The van der Waals surface area contributed by atoms with Gasteiger partial charge in [-0.1, -0.05) is 0 Å². The number of halogens is 3. The molecule has 0 spiro atoms. The predicted octanol–water partition coefficient (Wildman–Crippen LogP) is 3.64. The monoisotopic (exact) mass is 476 g/mol. The number of aryl methyl sites for hydroxylation is 1. The molecule has 34 heavy (non-hydrogen) atoms. The third-order valence-electron chi connectivity index (χ3n) is 5.02. The van der Waals surface area contributed by atoms with E-state index in [0.29, 0.717) is 6.54 Å². The van der Waals surface area contributed by atoms with Crippen molar-refractivity contribution in [3.8, 4) is 22.5 Å². The number of aliphatic carboxylic acids is 1. The number of aromatic amines is 1. The van der Waals surface area contributed by atoms with Gasteiger partial charge in [0.1, 0.15) is 0 Å². The summed E-state index contributed by atoms with van der Waals surface area (Å²) in [7, 11) is 1.71. The SMILES string of the molecule is COCCCc1ccc(-c2cc(-c3cc4c([nH]3)CCNC4=O)ccn2)cn1.O=C(O)C(F)(F)F. The molecule has 0 aliphatic carbocycles. The number of alkyl halides is 3. The van der Waals surface area contributed by atoms with Gasteiger partial charge in [-0.2, -0.15) is 13.2 Å². The molecule has 3 N–H and O–H groups in total. The lowest BCUT2D eigenvalue weighted by atomic mass is 10.1. The Hall–Kier alpha value is -3.73. The van der Waals surface area contributed by atoms with Crippen molar-refractivity contribution in [1.82, 2.24) is 20.3 Å². The Morgan fingerprint density at radius 2 is 1.94 bits per heavy atom. The first-order chi connectivity index (χ1) is 16.2. The molecule has 0 fully saturated rings. The van der Waals surface area contributed by atoms with Crippen LogP contribution in [0.15, 0.2) is 42.7 Å². The van der Waals surface area contributed by atoms with Gasteiger partial charge < -0.3 is 20.1 Å². The van der Waals surface area contributed by atoms with E-state index in [1.165, 1.54) is 0 Å². The molecule has 1 amide bonds. The van der Waals surface area contributed by atoms with E-state index in [0.717, 1.165) is 65.3 Å². The van der Waals surface area contributed by atoms with Crippen molar-refractivity contribution in [2.24, 2.45) is 0 Å². The van der Waals surface area contributed by atoms with Crippen molar-refractivity contribution >= 4 is 11.9 Å². The first-order valence-corrected chi connectivity index (χ1v) is 10.4. The van der Waals surface area contributed by atoms with Gasteiger partial charge in [0.2, 0.25) is 0 Å². The number of H-pyrrole nitrogens is 1. The largest absolute Gasteiger partial charge is 0.490 e. The highest BCUT2D eigenvalue weighted by atomic mass is 19.4. The Bertz CT molecular complexity index is 1140. The molecular weight excluding hydrogens is 453 g/mol.